The molecule has 4 heterocycles. The van der Waals surface area contributed by atoms with E-state index in [0.29, 0.717) is 42.9 Å². The zero-order valence-corrected chi connectivity index (χ0v) is 21.3. The van der Waals surface area contributed by atoms with Gasteiger partial charge in [-0.3, -0.25) is 14.7 Å². The minimum Gasteiger partial charge on any atom is -0.628 e. The largest absolute Gasteiger partial charge is 0.628 e. The predicted molar refractivity (Wildman–Crippen MR) is 134 cm³/mol. The molecule has 2 N–H and O–H groups in total. The molecular weight excluding hydrogens is 482 g/mol. The Labute approximate surface area is 214 Å². The van der Waals surface area contributed by atoms with Crippen LogP contribution in [0.5, 0.6) is 0 Å². The summed E-state index contributed by atoms with van der Waals surface area (Å²) in [6.07, 6.45) is 4.36. The molecule has 1 atom stereocenters. The van der Waals surface area contributed by atoms with Crippen LogP contribution in [0.15, 0.2) is 35.2 Å². The predicted octanol–water partition coefficient (Wildman–Crippen LogP) is 1.61. The standard InChI is InChI=1S/C25H33N5O5S/c1-18(4-5-22-21(24(32)27-34)3-2-9-26-22)28-10-6-20(7-11-28)30(15-19-8-14-36-17-19)23(31)16-29-12-13-35-25(29)33/h2-3,8-9,14,17-18,20H,4-7,10-13,15-16,27H2,1H3/t18-/m1/s1. The number of pyridine rings is 1. The molecule has 2 aliphatic rings. The molecule has 2 aromatic rings. The second-order valence-corrected chi connectivity index (χ2v) is 10.1. The summed E-state index contributed by atoms with van der Waals surface area (Å²) in [5.41, 5.74) is 2.47. The minimum absolute atomic E-state index is 0.0471. The van der Waals surface area contributed by atoms with Gasteiger partial charge in [-0.2, -0.15) is 11.3 Å². The summed E-state index contributed by atoms with van der Waals surface area (Å²) >= 11 is 1.61. The molecule has 0 aliphatic carbocycles. The third-order valence-electron chi connectivity index (χ3n) is 7.05. The number of hydrogen-bond donors (Lipinski definition) is 1. The highest BCUT2D eigenvalue weighted by Gasteiger charge is 2.32. The molecule has 36 heavy (non-hydrogen) atoms. The number of thiophene rings is 1. The number of cyclic esters (lactones) is 1. The number of piperidine rings is 1. The lowest BCUT2D eigenvalue weighted by atomic mass is 9.98. The number of quaternary nitrogens is 1. The number of amides is 3. The first-order valence-electron chi connectivity index (χ1n) is 12.4. The molecular formula is C25H33N5O5S. The van der Waals surface area contributed by atoms with E-state index in [9.17, 15) is 19.6 Å². The van der Waals surface area contributed by atoms with Gasteiger partial charge in [0.2, 0.25) is 5.91 Å². The first-order valence-corrected chi connectivity index (χ1v) is 13.3. The van der Waals surface area contributed by atoms with Gasteiger partial charge in [0.1, 0.15) is 18.7 Å². The molecule has 3 amide bonds. The van der Waals surface area contributed by atoms with E-state index in [1.165, 1.54) is 4.90 Å². The van der Waals surface area contributed by atoms with Gasteiger partial charge in [0, 0.05) is 37.9 Å². The van der Waals surface area contributed by atoms with Gasteiger partial charge < -0.3 is 25.2 Å². The molecule has 0 aromatic carbocycles. The van der Waals surface area contributed by atoms with Crippen molar-refractivity contribution >= 4 is 29.2 Å². The molecule has 0 radical (unpaired) electrons. The second-order valence-electron chi connectivity index (χ2n) is 9.32. The maximum absolute atomic E-state index is 13.3. The molecule has 11 heteroatoms. The quantitative estimate of drug-likeness (QED) is 0.477. The van der Waals surface area contributed by atoms with Crippen LogP contribution in [0.1, 0.15) is 47.8 Å². The van der Waals surface area contributed by atoms with Crippen LogP contribution < -0.4 is 5.48 Å². The van der Waals surface area contributed by atoms with E-state index < -0.39 is 12.0 Å². The van der Waals surface area contributed by atoms with Gasteiger partial charge in [-0.05, 0) is 67.1 Å². The number of carbonyl (C=O) groups excluding carboxylic acids is 3. The van der Waals surface area contributed by atoms with Crippen LogP contribution in [0.3, 0.4) is 0 Å². The number of likely N-dealkylation sites (tertiary alicyclic amines) is 1. The summed E-state index contributed by atoms with van der Waals surface area (Å²) < 4.78 is 4.99. The van der Waals surface area contributed by atoms with Crippen molar-refractivity contribution in [1.29, 1.82) is 0 Å². The van der Waals surface area contributed by atoms with Crippen LogP contribution in [-0.2, 0) is 22.5 Å². The molecule has 4 rings (SSSR count). The summed E-state index contributed by atoms with van der Waals surface area (Å²) in [6.45, 7) is 5.24. The fourth-order valence-corrected chi connectivity index (χ4v) is 5.57. The fraction of sp³-hybridized carbons (Fsp3) is 0.520. The van der Waals surface area contributed by atoms with Gasteiger partial charge in [0.25, 0.3) is 0 Å². The number of aromatic nitrogens is 1. The van der Waals surface area contributed by atoms with Crippen LogP contribution >= 0.6 is 11.3 Å². The number of ether oxygens (including phenoxy) is 1. The SMILES string of the molecule is C[C@H](CCc1ncccc1C(=O)[NH2+][O-])N1CCC(N(Cc2ccsc2)C(=O)CN2CCOC2=O)CC1. The Bertz CT molecular complexity index is 1040. The summed E-state index contributed by atoms with van der Waals surface area (Å²) in [5, 5.41) is 15.0. The maximum Gasteiger partial charge on any atom is 0.410 e. The number of primary amides is 1. The van der Waals surface area contributed by atoms with Crippen molar-refractivity contribution in [2.24, 2.45) is 0 Å². The van der Waals surface area contributed by atoms with Crippen molar-refractivity contribution in [3.8, 4) is 0 Å². The average molecular weight is 516 g/mol. The van der Waals surface area contributed by atoms with Gasteiger partial charge in [-0.1, -0.05) is 0 Å². The van der Waals surface area contributed by atoms with Crippen LogP contribution in [-0.4, -0.2) is 82.5 Å². The molecule has 0 unspecified atom stereocenters. The van der Waals surface area contributed by atoms with E-state index >= 15 is 0 Å². The van der Waals surface area contributed by atoms with E-state index in [4.69, 9.17) is 4.74 Å². The number of nitrogens with zero attached hydrogens (tertiary/aromatic N) is 4. The Morgan fingerprint density at radius 1 is 1.31 bits per heavy atom. The van der Waals surface area contributed by atoms with Crippen LogP contribution in [0.2, 0.25) is 0 Å². The topological polar surface area (TPSA) is 123 Å². The monoisotopic (exact) mass is 515 g/mol. The van der Waals surface area contributed by atoms with Crippen molar-refractivity contribution in [2.75, 3.05) is 32.8 Å². The highest BCUT2D eigenvalue weighted by Crippen LogP contribution is 2.23. The fourth-order valence-electron chi connectivity index (χ4n) is 4.92. The highest BCUT2D eigenvalue weighted by molar-refractivity contribution is 7.07. The van der Waals surface area contributed by atoms with E-state index in [1.807, 2.05) is 16.3 Å². The van der Waals surface area contributed by atoms with Gasteiger partial charge >= 0.3 is 12.0 Å². The molecule has 2 fully saturated rings. The zero-order chi connectivity index (χ0) is 25.5. The van der Waals surface area contributed by atoms with E-state index in [2.05, 4.69) is 22.2 Å². The van der Waals surface area contributed by atoms with Gasteiger partial charge in [-0.25, -0.2) is 9.59 Å². The zero-order valence-electron chi connectivity index (χ0n) is 20.5. The van der Waals surface area contributed by atoms with Crippen molar-refractivity contribution in [2.45, 2.75) is 51.2 Å². The molecule has 194 valence electrons. The number of nitrogens with two attached hydrogens (primary N) is 1. The van der Waals surface area contributed by atoms with Crippen LogP contribution in [0.25, 0.3) is 0 Å². The van der Waals surface area contributed by atoms with E-state index in [-0.39, 0.29) is 24.5 Å². The Morgan fingerprint density at radius 3 is 2.78 bits per heavy atom. The Balaban J connectivity index is 1.33. The highest BCUT2D eigenvalue weighted by atomic mass is 32.1. The van der Waals surface area contributed by atoms with E-state index in [1.54, 1.807) is 29.7 Å². The summed E-state index contributed by atoms with van der Waals surface area (Å²) in [7, 11) is 0. The minimum atomic E-state index is -0.538. The third-order valence-corrected chi connectivity index (χ3v) is 7.78. The van der Waals surface area contributed by atoms with Crippen LogP contribution in [0.4, 0.5) is 4.79 Å². The first-order chi connectivity index (χ1) is 17.5. The first kappa shape index (κ1) is 26.2. The lowest BCUT2D eigenvalue weighted by molar-refractivity contribution is -0.482. The Morgan fingerprint density at radius 2 is 2.11 bits per heavy atom. The summed E-state index contributed by atoms with van der Waals surface area (Å²) in [4.78, 5) is 47.2. The van der Waals surface area contributed by atoms with Crippen LogP contribution in [0, 0.1) is 5.21 Å². The maximum atomic E-state index is 13.3. The van der Waals surface area contributed by atoms with Crippen molar-refractivity contribution in [3.05, 3.63) is 57.2 Å². The van der Waals surface area contributed by atoms with E-state index in [0.717, 1.165) is 37.9 Å². The molecule has 2 aliphatic heterocycles. The number of rotatable bonds is 10. The van der Waals surface area contributed by atoms with Crippen molar-refractivity contribution in [1.82, 2.24) is 19.7 Å². The molecule has 0 bridgehead atoms. The summed E-state index contributed by atoms with van der Waals surface area (Å²) in [5.74, 6) is -0.585. The molecule has 2 saturated heterocycles. The molecule has 0 saturated carbocycles. The molecule has 2 aromatic heterocycles. The number of hydroxylamine groups is 1. The summed E-state index contributed by atoms with van der Waals surface area (Å²) in [6, 6.07) is 5.73. The number of hydrogen-bond acceptors (Lipinski definition) is 8. The van der Waals surface area contributed by atoms with Crippen molar-refractivity contribution in [3.63, 3.8) is 0 Å². The average Bonchev–Trinajstić information content (AvgIpc) is 3.57. The normalized spacial score (nSPS) is 17.7. The van der Waals surface area contributed by atoms with Gasteiger partial charge in [-0.15, -0.1) is 0 Å². The van der Waals surface area contributed by atoms with Gasteiger partial charge in [0.05, 0.1) is 12.2 Å². The smallest absolute Gasteiger partial charge is 0.410 e. The van der Waals surface area contributed by atoms with Crippen molar-refractivity contribution < 1.29 is 24.6 Å². The third kappa shape index (κ3) is 6.47. The molecule has 0 spiro atoms. The second kappa shape index (κ2) is 12.4. The lowest BCUT2D eigenvalue weighted by Crippen LogP contribution is -2.81. The lowest BCUT2D eigenvalue weighted by Gasteiger charge is -2.41. The Kier molecular flexibility index (Phi) is 9.03. The Hall–Kier alpha value is -2.86. The number of aryl methyl sites for hydroxylation is 1. The number of carbonyl (C=O) groups is 3. The van der Waals surface area contributed by atoms with Gasteiger partial charge in [0.15, 0.2) is 0 Å². The molecule has 10 nitrogen and oxygen atoms in total.